The third-order valence-electron chi connectivity index (χ3n) is 3.93. The standard InChI is InChI=1S/C13H17N3O6/c1-14(2)8-6-7(10(18)16(4)9(6)17)13(21,12(20)22-5)11(19)15(8)3/h7,21H,1-5H3/t7?,13-/m1/s1. The Kier molecular flexibility index (Phi) is 3.48. The van der Waals surface area contributed by atoms with Crippen LogP contribution in [0.1, 0.15) is 0 Å². The number of aliphatic hydroxyl groups is 1. The molecule has 0 aromatic heterocycles. The maximum Gasteiger partial charge on any atom is 0.349 e. The highest BCUT2D eigenvalue weighted by Crippen LogP contribution is 2.42. The number of amides is 3. The molecule has 9 heteroatoms. The highest BCUT2D eigenvalue weighted by Gasteiger charge is 2.66. The lowest BCUT2D eigenvalue weighted by atomic mass is 9.78. The van der Waals surface area contributed by atoms with E-state index < -0.39 is 35.2 Å². The van der Waals surface area contributed by atoms with Crippen molar-refractivity contribution in [3.8, 4) is 0 Å². The Bertz CT molecular complexity index is 625. The second-order valence-corrected chi connectivity index (χ2v) is 5.39. The average molecular weight is 311 g/mol. The van der Waals surface area contributed by atoms with Gasteiger partial charge in [-0.3, -0.25) is 24.2 Å². The summed E-state index contributed by atoms with van der Waals surface area (Å²) in [4.78, 5) is 52.4. The highest BCUT2D eigenvalue weighted by molar-refractivity contribution is 6.23. The largest absolute Gasteiger partial charge is 0.466 e. The lowest BCUT2D eigenvalue weighted by Crippen LogP contribution is -2.63. The van der Waals surface area contributed by atoms with E-state index in [1.807, 2.05) is 0 Å². The number of methoxy groups -OCH3 is 1. The number of carbonyl (C=O) groups is 4. The van der Waals surface area contributed by atoms with Crippen molar-refractivity contribution in [3.05, 3.63) is 11.4 Å². The fourth-order valence-corrected chi connectivity index (χ4v) is 2.89. The number of esters is 1. The van der Waals surface area contributed by atoms with E-state index in [1.54, 1.807) is 14.1 Å². The molecule has 0 bridgehead atoms. The fraction of sp³-hybridized carbons (Fsp3) is 0.538. The van der Waals surface area contributed by atoms with Crippen molar-refractivity contribution in [3.63, 3.8) is 0 Å². The summed E-state index contributed by atoms with van der Waals surface area (Å²) < 4.78 is 4.48. The Balaban J connectivity index is 2.82. The lowest BCUT2D eigenvalue weighted by molar-refractivity contribution is -0.182. The van der Waals surface area contributed by atoms with E-state index in [2.05, 4.69) is 4.74 Å². The summed E-state index contributed by atoms with van der Waals surface area (Å²) >= 11 is 0. The van der Waals surface area contributed by atoms with Gasteiger partial charge in [0.25, 0.3) is 17.4 Å². The molecule has 22 heavy (non-hydrogen) atoms. The molecule has 3 amide bonds. The highest BCUT2D eigenvalue weighted by atomic mass is 16.5. The van der Waals surface area contributed by atoms with Gasteiger partial charge < -0.3 is 14.7 Å². The molecule has 0 spiro atoms. The van der Waals surface area contributed by atoms with Gasteiger partial charge in [0.1, 0.15) is 11.7 Å². The number of fused-ring (bicyclic) bond motifs is 1. The van der Waals surface area contributed by atoms with Gasteiger partial charge in [0.2, 0.25) is 5.91 Å². The van der Waals surface area contributed by atoms with Gasteiger partial charge in [0, 0.05) is 28.2 Å². The number of nitrogens with zero attached hydrogens (tertiary/aromatic N) is 3. The van der Waals surface area contributed by atoms with Crippen molar-refractivity contribution < 1.29 is 29.0 Å². The molecule has 0 aliphatic carbocycles. The minimum Gasteiger partial charge on any atom is -0.466 e. The van der Waals surface area contributed by atoms with Crippen molar-refractivity contribution in [1.29, 1.82) is 0 Å². The number of hydrogen-bond donors (Lipinski definition) is 1. The van der Waals surface area contributed by atoms with Crippen LogP contribution in [0.3, 0.4) is 0 Å². The monoisotopic (exact) mass is 311 g/mol. The Hall–Kier alpha value is -2.42. The molecule has 0 aromatic rings. The molecule has 9 nitrogen and oxygen atoms in total. The predicted octanol–water partition coefficient (Wildman–Crippen LogP) is -2.25. The molecule has 0 aromatic carbocycles. The molecule has 0 saturated carbocycles. The Morgan fingerprint density at radius 1 is 1.23 bits per heavy atom. The zero-order valence-corrected chi connectivity index (χ0v) is 12.9. The number of hydrogen-bond acceptors (Lipinski definition) is 7. The molecule has 0 radical (unpaired) electrons. The first kappa shape index (κ1) is 16.0. The van der Waals surface area contributed by atoms with Crippen LogP contribution in [-0.4, -0.2) is 84.4 Å². The van der Waals surface area contributed by atoms with E-state index in [-0.39, 0.29) is 11.4 Å². The van der Waals surface area contributed by atoms with Crippen molar-refractivity contribution >= 4 is 23.7 Å². The van der Waals surface area contributed by atoms with Gasteiger partial charge in [0.15, 0.2) is 0 Å². The van der Waals surface area contributed by atoms with Crippen molar-refractivity contribution in [2.24, 2.45) is 5.92 Å². The molecule has 2 aliphatic rings. The zero-order chi connectivity index (χ0) is 17.0. The summed E-state index contributed by atoms with van der Waals surface area (Å²) in [5, 5.41) is 10.6. The van der Waals surface area contributed by atoms with Gasteiger partial charge >= 0.3 is 5.97 Å². The van der Waals surface area contributed by atoms with Gasteiger partial charge in [-0.05, 0) is 0 Å². The van der Waals surface area contributed by atoms with Crippen LogP contribution in [0.5, 0.6) is 0 Å². The third-order valence-corrected chi connectivity index (χ3v) is 3.93. The van der Waals surface area contributed by atoms with Gasteiger partial charge in [-0.1, -0.05) is 0 Å². The second kappa shape index (κ2) is 4.80. The molecule has 1 fully saturated rings. The molecule has 1 unspecified atom stereocenters. The van der Waals surface area contributed by atoms with E-state index >= 15 is 0 Å². The molecular formula is C13H17N3O6. The normalized spacial score (nSPS) is 28.3. The minimum atomic E-state index is -2.75. The van der Waals surface area contributed by atoms with Gasteiger partial charge in [-0.2, -0.15) is 0 Å². The minimum absolute atomic E-state index is 0.104. The number of rotatable bonds is 2. The summed E-state index contributed by atoms with van der Waals surface area (Å²) in [6, 6.07) is 0. The molecule has 2 atom stereocenters. The van der Waals surface area contributed by atoms with E-state index in [1.165, 1.54) is 19.0 Å². The zero-order valence-electron chi connectivity index (χ0n) is 12.9. The van der Waals surface area contributed by atoms with Gasteiger partial charge in [-0.25, -0.2) is 4.79 Å². The number of likely N-dealkylation sites (tertiary alicyclic amines) is 1. The SMILES string of the molecule is COC(=O)[C@]1(O)C(=O)N(C)C(N(C)C)=C2C(=O)N(C)C(=O)C21. The summed E-state index contributed by atoms with van der Waals surface area (Å²) in [5.41, 5.74) is -2.86. The lowest BCUT2D eigenvalue weighted by Gasteiger charge is -2.40. The van der Waals surface area contributed by atoms with Gasteiger partial charge in [-0.15, -0.1) is 0 Å². The van der Waals surface area contributed by atoms with Crippen LogP contribution in [0.15, 0.2) is 11.4 Å². The molecule has 2 rings (SSSR count). The average Bonchev–Trinajstić information content (AvgIpc) is 2.69. The Morgan fingerprint density at radius 3 is 2.23 bits per heavy atom. The Morgan fingerprint density at radius 2 is 1.77 bits per heavy atom. The first-order valence-corrected chi connectivity index (χ1v) is 6.43. The quantitative estimate of drug-likeness (QED) is 0.349. The maximum atomic E-state index is 12.5. The first-order chi connectivity index (χ1) is 10.1. The molecule has 1 N–H and O–H groups in total. The van der Waals surface area contributed by atoms with Crippen LogP contribution in [-0.2, 0) is 23.9 Å². The summed E-state index contributed by atoms with van der Waals surface area (Å²) in [6.45, 7) is 0. The first-order valence-electron chi connectivity index (χ1n) is 6.43. The van der Waals surface area contributed by atoms with E-state index in [0.717, 1.165) is 16.9 Å². The van der Waals surface area contributed by atoms with E-state index in [9.17, 15) is 24.3 Å². The third kappa shape index (κ3) is 1.68. The molecule has 1 saturated heterocycles. The number of ether oxygens (including phenoxy) is 1. The molecule has 2 heterocycles. The van der Waals surface area contributed by atoms with Crippen LogP contribution in [0.2, 0.25) is 0 Å². The summed E-state index contributed by atoms with van der Waals surface area (Å²) in [7, 11) is 6.70. The predicted molar refractivity (Wildman–Crippen MR) is 71.7 cm³/mol. The van der Waals surface area contributed by atoms with Crippen LogP contribution in [0, 0.1) is 5.92 Å². The van der Waals surface area contributed by atoms with Crippen LogP contribution < -0.4 is 0 Å². The van der Waals surface area contributed by atoms with Crippen molar-refractivity contribution in [2.75, 3.05) is 35.3 Å². The topological polar surface area (TPSA) is 107 Å². The summed E-state index contributed by atoms with van der Waals surface area (Å²) in [5.74, 6) is -5.24. The molecule has 120 valence electrons. The van der Waals surface area contributed by atoms with Crippen molar-refractivity contribution in [1.82, 2.24) is 14.7 Å². The number of likely N-dealkylation sites (N-methyl/N-ethyl adjacent to an activating group) is 2. The number of imide groups is 1. The molecule has 2 aliphatic heterocycles. The second-order valence-electron chi connectivity index (χ2n) is 5.39. The maximum absolute atomic E-state index is 12.5. The fourth-order valence-electron chi connectivity index (χ4n) is 2.89. The van der Waals surface area contributed by atoms with E-state index in [4.69, 9.17) is 0 Å². The van der Waals surface area contributed by atoms with Crippen LogP contribution in [0.25, 0.3) is 0 Å². The van der Waals surface area contributed by atoms with Crippen molar-refractivity contribution in [2.45, 2.75) is 5.60 Å². The van der Waals surface area contributed by atoms with Gasteiger partial charge in [0.05, 0.1) is 12.7 Å². The Labute approximate surface area is 126 Å². The smallest absolute Gasteiger partial charge is 0.349 e. The number of carbonyl (C=O) groups excluding carboxylic acids is 4. The van der Waals surface area contributed by atoms with Crippen LogP contribution >= 0.6 is 0 Å². The summed E-state index contributed by atoms with van der Waals surface area (Å²) in [6.07, 6.45) is 0. The van der Waals surface area contributed by atoms with E-state index in [0.29, 0.717) is 0 Å². The van der Waals surface area contributed by atoms with Crippen LogP contribution in [0.4, 0.5) is 0 Å². The molecular weight excluding hydrogens is 294 g/mol.